The summed E-state index contributed by atoms with van der Waals surface area (Å²) >= 11 is 18.0. The van der Waals surface area contributed by atoms with Crippen LogP contribution >= 0.6 is 34.8 Å². The van der Waals surface area contributed by atoms with Gasteiger partial charge in [-0.3, -0.25) is 0 Å². The first-order valence-corrected chi connectivity index (χ1v) is 5.84. The van der Waals surface area contributed by atoms with Crippen molar-refractivity contribution in [1.29, 1.82) is 0 Å². The topological polar surface area (TPSA) is 12.4 Å². The average Bonchev–Trinajstić information content (AvgIpc) is 2.24. The number of aliphatic imine (C=N–C) groups is 1. The predicted molar refractivity (Wildman–Crippen MR) is 71.3 cm³/mol. The van der Waals surface area contributed by atoms with Crippen LogP contribution in [-0.2, 0) is 0 Å². The quantitative estimate of drug-likeness (QED) is 0.670. The molecule has 0 saturated heterocycles. The molecule has 0 aromatic heterocycles. The lowest BCUT2D eigenvalue weighted by molar-refractivity contribution is 1.37. The van der Waals surface area contributed by atoms with E-state index < -0.39 is 0 Å². The Kier molecular flexibility index (Phi) is 3.70. The second kappa shape index (κ2) is 5.05. The van der Waals surface area contributed by atoms with E-state index in [0.717, 1.165) is 10.7 Å². The van der Waals surface area contributed by atoms with Gasteiger partial charge in [-0.15, -0.1) is 0 Å². The number of allylic oxidation sites excluding steroid dienone is 4. The minimum absolute atomic E-state index is 0.541. The SMILES string of the molecule is ClC1=CC=CC(=Nc2c(Cl)cccc2Cl)C1. The van der Waals surface area contributed by atoms with Gasteiger partial charge < -0.3 is 0 Å². The van der Waals surface area contributed by atoms with Crippen LogP contribution in [0.15, 0.2) is 46.5 Å². The van der Waals surface area contributed by atoms with Gasteiger partial charge in [0.2, 0.25) is 0 Å². The Morgan fingerprint density at radius 3 is 2.38 bits per heavy atom. The molecule has 1 aromatic rings. The lowest BCUT2D eigenvalue weighted by Gasteiger charge is -2.07. The van der Waals surface area contributed by atoms with E-state index in [4.69, 9.17) is 34.8 Å². The molecule has 0 saturated carbocycles. The molecular weight excluding hydrogens is 264 g/mol. The highest BCUT2D eigenvalue weighted by molar-refractivity contribution is 6.39. The van der Waals surface area contributed by atoms with Crippen LogP contribution in [-0.4, -0.2) is 5.71 Å². The summed E-state index contributed by atoms with van der Waals surface area (Å²) in [7, 11) is 0. The zero-order valence-electron chi connectivity index (χ0n) is 8.25. The molecule has 0 heterocycles. The van der Waals surface area contributed by atoms with E-state index in [0.29, 0.717) is 22.2 Å². The molecule has 16 heavy (non-hydrogen) atoms. The smallest absolute Gasteiger partial charge is 0.100 e. The van der Waals surface area contributed by atoms with E-state index in [1.54, 1.807) is 18.2 Å². The summed E-state index contributed by atoms with van der Waals surface area (Å²) in [5.41, 5.74) is 1.44. The number of rotatable bonds is 1. The van der Waals surface area contributed by atoms with Gasteiger partial charge in [0.25, 0.3) is 0 Å². The zero-order chi connectivity index (χ0) is 11.5. The molecule has 1 aliphatic rings. The normalized spacial score (nSPS) is 17.7. The summed E-state index contributed by atoms with van der Waals surface area (Å²) in [4.78, 5) is 4.41. The highest BCUT2D eigenvalue weighted by atomic mass is 35.5. The first kappa shape index (κ1) is 11.7. The predicted octanol–water partition coefficient (Wildman–Crippen LogP) is 5.15. The van der Waals surface area contributed by atoms with Gasteiger partial charge in [-0.05, 0) is 24.3 Å². The maximum atomic E-state index is 6.02. The minimum Gasteiger partial charge on any atom is -0.250 e. The lowest BCUT2D eigenvalue weighted by atomic mass is 10.1. The van der Waals surface area contributed by atoms with Crippen molar-refractivity contribution in [3.63, 3.8) is 0 Å². The van der Waals surface area contributed by atoms with Crippen molar-refractivity contribution in [2.24, 2.45) is 4.99 Å². The van der Waals surface area contributed by atoms with E-state index >= 15 is 0 Å². The summed E-state index contributed by atoms with van der Waals surface area (Å²) in [6.45, 7) is 0. The van der Waals surface area contributed by atoms with Crippen molar-refractivity contribution in [2.45, 2.75) is 6.42 Å². The fourth-order valence-electron chi connectivity index (χ4n) is 1.37. The second-order valence-corrected chi connectivity index (χ2v) is 4.62. The third kappa shape index (κ3) is 2.67. The van der Waals surface area contributed by atoms with E-state index in [1.165, 1.54) is 0 Å². The van der Waals surface area contributed by atoms with Gasteiger partial charge in [0.15, 0.2) is 0 Å². The first-order chi connectivity index (χ1) is 7.66. The fourth-order valence-corrected chi connectivity index (χ4v) is 2.06. The number of para-hydroxylation sites is 1. The molecule has 0 aliphatic heterocycles. The number of hydrogen-bond acceptors (Lipinski definition) is 1. The highest BCUT2D eigenvalue weighted by Crippen LogP contribution is 2.33. The summed E-state index contributed by atoms with van der Waals surface area (Å²) in [5, 5.41) is 1.84. The largest absolute Gasteiger partial charge is 0.250 e. The Morgan fingerprint density at radius 2 is 1.75 bits per heavy atom. The third-order valence-corrected chi connectivity index (χ3v) is 2.98. The fraction of sp³-hybridized carbons (Fsp3) is 0.0833. The third-order valence-electron chi connectivity index (χ3n) is 2.11. The molecule has 0 fully saturated rings. The van der Waals surface area contributed by atoms with Crippen LogP contribution in [0.2, 0.25) is 10.0 Å². The molecule has 0 bridgehead atoms. The van der Waals surface area contributed by atoms with Crippen LogP contribution < -0.4 is 0 Å². The van der Waals surface area contributed by atoms with Crippen molar-refractivity contribution >= 4 is 46.2 Å². The van der Waals surface area contributed by atoms with E-state index in [2.05, 4.69) is 4.99 Å². The van der Waals surface area contributed by atoms with Crippen LogP contribution in [0.5, 0.6) is 0 Å². The lowest BCUT2D eigenvalue weighted by Crippen LogP contribution is -1.96. The van der Waals surface area contributed by atoms with Crippen LogP contribution in [0.3, 0.4) is 0 Å². The summed E-state index contributed by atoms with van der Waals surface area (Å²) in [6.07, 6.45) is 6.20. The summed E-state index contributed by atoms with van der Waals surface area (Å²) < 4.78 is 0. The molecule has 1 nitrogen and oxygen atoms in total. The Morgan fingerprint density at radius 1 is 1.06 bits per heavy atom. The van der Waals surface area contributed by atoms with Crippen molar-refractivity contribution in [1.82, 2.24) is 0 Å². The standard InChI is InChI=1S/C12H8Cl3N/c13-8-3-1-4-9(7-8)16-12-10(14)5-2-6-11(12)15/h1-6H,7H2. The molecule has 1 aromatic carbocycles. The van der Waals surface area contributed by atoms with Gasteiger partial charge in [0.1, 0.15) is 5.69 Å². The highest BCUT2D eigenvalue weighted by Gasteiger charge is 2.07. The molecule has 82 valence electrons. The monoisotopic (exact) mass is 271 g/mol. The van der Waals surface area contributed by atoms with Crippen molar-refractivity contribution in [3.8, 4) is 0 Å². The minimum atomic E-state index is 0.541. The van der Waals surface area contributed by atoms with Gasteiger partial charge in [-0.1, -0.05) is 46.9 Å². The van der Waals surface area contributed by atoms with E-state index in [9.17, 15) is 0 Å². The zero-order valence-corrected chi connectivity index (χ0v) is 10.5. The Balaban J connectivity index is 2.37. The molecule has 1 aliphatic carbocycles. The number of nitrogens with zero attached hydrogens (tertiary/aromatic N) is 1. The van der Waals surface area contributed by atoms with E-state index in [1.807, 2.05) is 18.2 Å². The molecule has 0 atom stereocenters. The molecule has 0 spiro atoms. The number of halogens is 3. The Hall–Kier alpha value is -0.760. The van der Waals surface area contributed by atoms with Gasteiger partial charge in [-0.2, -0.15) is 0 Å². The molecule has 0 amide bonds. The van der Waals surface area contributed by atoms with Gasteiger partial charge in [0.05, 0.1) is 10.0 Å². The molecule has 0 radical (unpaired) electrons. The number of benzene rings is 1. The van der Waals surface area contributed by atoms with Gasteiger partial charge in [0, 0.05) is 17.2 Å². The Bertz CT molecular complexity index is 481. The Labute approximate surface area is 109 Å². The van der Waals surface area contributed by atoms with Crippen LogP contribution in [0.4, 0.5) is 5.69 Å². The van der Waals surface area contributed by atoms with Crippen LogP contribution in [0.25, 0.3) is 0 Å². The average molecular weight is 273 g/mol. The molecular formula is C12H8Cl3N. The van der Waals surface area contributed by atoms with Crippen LogP contribution in [0, 0.1) is 0 Å². The molecule has 0 unspecified atom stereocenters. The van der Waals surface area contributed by atoms with E-state index in [-0.39, 0.29) is 0 Å². The molecule has 4 heteroatoms. The van der Waals surface area contributed by atoms with Crippen molar-refractivity contribution in [3.05, 3.63) is 51.5 Å². The molecule has 0 N–H and O–H groups in total. The summed E-state index contributed by atoms with van der Waals surface area (Å²) in [6, 6.07) is 5.31. The number of hydrogen-bond donors (Lipinski definition) is 0. The van der Waals surface area contributed by atoms with Gasteiger partial charge >= 0.3 is 0 Å². The second-order valence-electron chi connectivity index (χ2n) is 3.32. The first-order valence-electron chi connectivity index (χ1n) is 4.71. The maximum absolute atomic E-state index is 6.02. The summed E-state index contributed by atoms with van der Waals surface area (Å²) in [5.74, 6) is 0. The van der Waals surface area contributed by atoms with Crippen LogP contribution in [0.1, 0.15) is 6.42 Å². The molecule has 2 rings (SSSR count). The van der Waals surface area contributed by atoms with Crippen molar-refractivity contribution < 1.29 is 0 Å². The van der Waals surface area contributed by atoms with Gasteiger partial charge in [-0.25, -0.2) is 4.99 Å². The maximum Gasteiger partial charge on any atom is 0.100 e. The van der Waals surface area contributed by atoms with Crippen molar-refractivity contribution in [2.75, 3.05) is 0 Å².